The van der Waals surface area contributed by atoms with Crippen molar-refractivity contribution in [2.75, 3.05) is 0 Å². The second kappa shape index (κ2) is 5.42. The molecule has 0 aromatic heterocycles. The van der Waals surface area contributed by atoms with Gasteiger partial charge in [0.15, 0.2) is 0 Å². The normalized spacial score (nSPS) is 8.43. The summed E-state index contributed by atoms with van der Waals surface area (Å²) in [7, 11) is 0. The Labute approximate surface area is 67.7 Å². The van der Waals surface area contributed by atoms with Gasteiger partial charge < -0.3 is 5.48 Å². The Balaban J connectivity index is -0.0000000800. The van der Waals surface area contributed by atoms with Crippen LogP contribution in [0.5, 0.6) is 0 Å². The third kappa shape index (κ3) is 124. The van der Waals surface area contributed by atoms with E-state index in [2.05, 4.69) is 0 Å². The van der Waals surface area contributed by atoms with Crippen LogP contribution in [0.2, 0.25) is 11.4 Å². The van der Waals surface area contributed by atoms with Gasteiger partial charge in [0.05, 0.1) is 0 Å². The van der Waals surface area contributed by atoms with Crippen LogP contribution in [0.3, 0.4) is 0 Å². The van der Waals surface area contributed by atoms with Gasteiger partial charge in [0.2, 0.25) is 0 Å². The van der Waals surface area contributed by atoms with Crippen LogP contribution in [0.1, 0.15) is 0 Å². The molecule has 0 aromatic carbocycles. The smallest absolute Gasteiger partial charge is 0 e. The van der Waals surface area contributed by atoms with Crippen LogP contribution in [0.25, 0.3) is 0 Å². The van der Waals surface area contributed by atoms with E-state index in [1.54, 1.807) is 0 Å². The second-order valence-electron chi connectivity index (χ2n) is 1.29. The molecule has 41 valence electrons. The molecular formula is C2H9AsNaO3. The van der Waals surface area contributed by atoms with Crippen molar-refractivity contribution in [1.29, 1.82) is 0 Å². The van der Waals surface area contributed by atoms with E-state index >= 15 is 0 Å². The molecule has 7 heavy (non-hydrogen) atoms. The predicted octanol–water partition coefficient (Wildman–Crippen LogP) is -1.09. The van der Waals surface area contributed by atoms with Gasteiger partial charge in [-0.1, -0.05) is 0 Å². The average molecular weight is 179 g/mol. The van der Waals surface area contributed by atoms with Crippen molar-refractivity contribution in [3.63, 3.8) is 0 Å². The summed E-state index contributed by atoms with van der Waals surface area (Å²) in [5.74, 6) is 0. The van der Waals surface area contributed by atoms with Crippen molar-refractivity contribution in [3.8, 4) is 0 Å². The van der Waals surface area contributed by atoms with Crippen molar-refractivity contribution in [1.82, 2.24) is 0 Å². The van der Waals surface area contributed by atoms with Crippen LogP contribution >= 0.6 is 0 Å². The van der Waals surface area contributed by atoms with Gasteiger partial charge in [-0.3, -0.25) is 0 Å². The molecule has 0 rings (SSSR count). The van der Waals surface area contributed by atoms with Gasteiger partial charge in [-0.25, -0.2) is 0 Å². The van der Waals surface area contributed by atoms with E-state index in [-0.39, 0.29) is 35.0 Å². The van der Waals surface area contributed by atoms with Crippen LogP contribution in [0.4, 0.5) is 0 Å². The Kier molecular flexibility index (Phi) is 12.2. The molecule has 0 unspecified atom stereocenters. The summed E-state index contributed by atoms with van der Waals surface area (Å²) in [5.41, 5.74) is 2.72. The van der Waals surface area contributed by atoms with Gasteiger partial charge >= 0.3 is 33.1 Å². The molecule has 0 saturated carbocycles. The molecule has 0 heterocycles. The maximum absolute atomic E-state index is 9.83. The first-order valence-electron chi connectivity index (χ1n) is 1.28. The standard InChI is InChI=1S/C2H7AsO2.Na.H2O/c1-3(2,4)5;;/h1-2H3,(H,4,5);;1H2. The fraction of sp³-hybridized carbons (Fsp3) is 1.00. The zero-order chi connectivity index (χ0) is 4.50. The van der Waals surface area contributed by atoms with Crippen molar-refractivity contribution in [3.05, 3.63) is 0 Å². The molecule has 0 fully saturated rings. The predicted molar refractivity (Wildman–Crippen MR) is 29.8 cm³/mol. The quantitative estimate of drug-likeness (QED) is 0.479. The van der Waals surface area contributed by atoms with Gasteiger partial charge in [0, 0.05) is 29.6 Å². The minimum atomic E-state index is -3.12. The molecule has 0 saturated heterocycles. The van der Waals surface area contributed by atoms with E-state index in [0.717, 1.165) is 0 Å². The molecular weight excluding hydrogens is 170 g/mol. The summed E-state index contributed by atoms with van der Waals surface area (Å²) in [5, 5.41) is 0. The fourth-order valence-corrected chi connectivity index (χ4v) is 0. The summed E-state index contributed by atoms with van der Waals surface area (Å²) in [6.45, 7) is 0. The summed E-state index contributed by atoms with van der Waals surface area (Å²) >= 11 is -3.12. The van der Waals surface area contributed by atoms with Gasteiger partial charge in [-0.05, 0) is 0 Å². The third-order valence-corrected chi connectivity index (χ3v) is 0. The Morgan fingerprint density at radius 3 is 1.43 bits per heavy atom. The van der Waals surface area contributed by atoms with Crippen LogP contribution in [0.15, 0.2) is 0 Å². The largest absolute Gasteiger partial charge is 0.412 e. The Bertz CT molecular complexity index is 59.1. The molecule has 1 radical (unpaired) electrons. The van der Waals surface area contributed by atoms with Gasteiger partial charge in [0.25, 0.3) is 0 Å². The maximum Gasteiger partial charge on any atom is 0 e. The molecule has 0 spiro atoms. The van der Waals surface area contributed by atoms with Gasteiger partial charge in [0.1, 0.15) is 0 Å². The molecule has 0 amide bonds. The van der Waals surface area contributed by atoms with E-state index in [4.69, 9.17) is 4.10 Å². The van der Waals surface area contributed by atoms with E-state index < -0.39 is 13.8 Å². The molecule has 0 bridgehead atoms. The van der Waals surface area contributed by atoms with E-state index in [0.29, 0.717) is 0 Å². The molecule has 0 aliphatic rings. The molecule has 0 aromatic rings. The SMILES string of the molecule is C[As](C)(=O)O.O.[Na]. The van der Waals surface area contributed by atoms with Crippen molar-refractivity contribution >= 4 is 43.4 Å². The Hall–Kier alpha value is 1.28. The zero-order valence-electron chi connectivity index (χ0n) is 4.80. The summed E-state index contributed by atoms with van der Waals surface area (Å²) < 4.78 is 18.0. The number of rotatable bonds is 0. The summed E-state index contributed by atoms with van der Waals surface area (Å²) in [6, 6.07) is 0. The third-order valence-electron chi connectivity index (χ3n) is 0. The Morgan fingerprint density at radius 2 is 1.43 bits per heavy atom. The second-order valence-corrected chi connectivity index (χ2v) is 6.72. The van der Waals surface area contributed by atoms with E-state index in [9.17, 15) is 3.74 Å². The van der Waals surface area contributed by atoms with Gasteiger partial charge in [-0.2, -0.15) is 0 Å². The van der Waals surface area contributed by atoms with E-state index in [1.807, 2.05) is 0 Å². The molecule has 3 nitrogen and oxygen atoms in total. The van der Waals surface area contributed by atoms with Crippen LogP contribution in [0, 0.1) is 0 Å². The zero-order valence-corrected chi connectivity index (χ0v) is 8.68. The molecule has 0 aliphatic heterocycles. The minimum absolute atomic E-state index is 0. The first-order chi connectivity index (χ1) is 2.00. The molecule has 0 atom stereocenters. The van der Waals surface area contributed by atoms with Crippen molar-refractivity contribution in [2.24, 2.45) is 0 Å². The molecule has 3 N–H and O–H groups in total. The van der Waals surface area contributed by atoms with Gasteiger partial charge in [-0.15, -0.1) is 0 Å². The van der Waals surface area contributed by atoms with Crippen molar-refractivity contribution < 1.29 is 13.3 Å². The van der Waals surface area contributed by atoms with Crippen molar-refractivity contribution in [2.45, 2.75) is 11.4 Å². The summed E-state index contributed by atoms with van der Waals surface area (Å²) in [4.78, 5) is 0. The monoisotopic (exact) mass is 179 g/mol. The first kappa shape index (κ1) is 15.7. The number of hydrogen-bond donors (Lipinski definition) is 1. The minimum Gasteiger partial charge on any atom is -0.412 e. The summed E-state index contributed by atoms with van der Waals surface area (Å²) in [6.07, 6.45) is 0. The van der Waals surface area contributed by atoms with E-state index in [1.165, 1.54) is 11.4 Å². The maximum atomic E-state index is 9.83. The molecule has 0 aliphatic carbocycles. The molecule has 5 heteroatoms. The van der Waals surface area contributed by atoms with Crippen LogP contribution in [-0.4, -0.2) is 53.0 Å². The topological polar surface area (TPSA) is 68.8 Å². The fourth-order valence-electron chi connectivity index (χ4n) is 0. The van der Waals surface area contributed by atoms with Crippen LogP contribution < -0.4 is 0 Å². The average Bonchev–Trinajstić information content (AvgIpc) is 0.722. The Morgan fingerprint density at radius 1 is 1.43 bits per heavy atom. The first-order valence-corrected chi connectivity index (χ1v) is 6.64. The van der Waals surface area contributed by atoms with Crippen LogP contribution in [-0.2, 0) is 3.74 Å². The number of hydrogen-bond acceptors (Lipinski definition) is 1.